The van der Waals surface area contributed by atoms with Crippen molar-refractivity contribution in [2.24, 2.45) is 11.1 Å². The number of hydrogen-bond acceptors (Lipinski definition) is 8. The van der Waals surface area contributed by atoms with Gasteiger partial charge < -0.3 is 41.4 Å². The fraction of sp³-hybridized carbons (Fsp3) is 0.375. The van der Waals surface area contributed by atoms with Crippen LogP contribution < -0.4 is 21.7 Å². The molecule has 3 aromatic carbocycles. The number of nitrogens with two attached hydrogens (primary N) is 1. The molecular weight excluding hydrogens is 712 g/mol. The smallest absolute Gasteiger partial charge is 0.326 e. The first-order chi connectivity index (χ1) is 26.1. The molecule has 55 heavy (non-hydrogen) atoms. The van der Waals surface area contributed by atoms with Crippen molar-refractivity contribution < 1.29 is 38.2 Å². The van der Waals surface area contributed by atoms with Crippen LogP contribution in [0, 0.1) is 17.0 Å². The van der Waals surface area contributed by atoms with Gasteiger partial charge in [-0.15, -0.1) is 0 Å². The van der Waals surface area contributed by atoms with Crippen molar-refractivity contribution in [1.82, 2.24) is 25.1 Å². The first-order valence-electron chi connectivity index (χ1n) is 17.9. The minimum absolute atomic E-state index is 0.0471. The van der Waals surface area contributed by atoms with E-state index in [0.29, 0.717) is 5.82 Å². The highest BCUT2D eigenvalue weighted by atomic mass is 19.1. The summed E-state index contributed by atoms with van der Waals surface area (Å²) < 4.78 is 31.0. The van der Waals surface area contributed by atoms with Crippen LogP contribution in [0.25, 0.3) is 11.3 Å². The standard InChI is InChI=1S/C40H49F2N7O6/c1-40(2,3)36(37-47-33(29-21-27(41)12-15-30(29)42)23-48(37)22-26-8-6-5-7-9-26)49(35(52)24-50)19-17-31(43)38(53)45-18-16-34(51)46-32(39(54)55)20-25-10-13-28(44-4)14-11-25/h5-15,21,23,31-32,36,44,50H,16-20,22,24,43H2,1-4H3,(H,45,53)(H,46,51)(H,54,55)/t31-,32-,36-/m0/s1. The average Bonchev–Trinajstić information content (AvgIpc) is 3.55. The lowest BCUT2D eigenvalue weighted by atomic mass is 9.84. The van der Waals surface area contributed by atoms with Gasteiger partial charge in [-0.1, -0.05) is 63.2 Å². The van der Waals surface area contributed by atoms with E-state index in [0.717, 1.165) is 35.0 Å². The number of benzene rings is 3. The lowest BCUT2D eigenvalue weighted by Crippen LogP contribution is -2.48. The quantitative estimate of drug-likeness (QED) is 0.0874. The Balaban J connectivity index is 1.47. The van der Waals surface area contributed by atoms with Gasteiger partial charge in [-0.3, -0.25) is 14.4 Å². The van der Waals surface area contributed by atoms with Crippen LogP contribution in [-0.4, -0.2) is 87.2 Å². The Bertz CT molecular complexity index is 1930. The summed E-state index contributed by atoms with van der Waals surface area (Å²) in [6.45, 7) is 4.81. The maximum atomic E-state index is 15.0. The molecule has 0 saturated heterocycles. The van der Waals surface area contributed by atoms with Crippen molar-refractivity contribution in [1.29, 1.82) is 0 Å². The SMILES string of the molecule is CNc1ccc(C[C@H](NC(=O)CCNC(=O)[C@@H](N)CCN(C(=O)CO)[C@@H](c2nc(-c3cc(F)ccc3F)cn2Cc2ccccc2)C(C)(C)C)C(=O)O)cc1. The molecule has 15 heteroatoms. The van der Waals surface area contributed by atoms with E-state index in [-0.39, 0.29) is 50.2 Å². The van der Waals surface area contributed by atoms with Crippen LogP contribution in [0.5, 0.6) is 0 Å². The van der Waals surface area contributed by atoms with Crippen molar-refractivity contribution in [3.05, 3.63) is 108 Å². The highest BCUT2D eigenvalue weighted by molar-refractivity contribution is 5.85. The average molecular weight is 762 g/mol. The normalized spacial score (nSPS) is 13.0. The summed E-state index contributed by atoms with van der Waals surface area (Å²) in [6.07, 6.45) is 1.40. The molecule has 4 aromatic rings. The van der Waals surface area contributed by atoms with E-state index in [1.54, 1.807) is 42.1 Å². The summed E-state index contributed by atoms with van der Waals surface area (Å²) >= 11 is 0. The third-order valence-corrected chi connectivity index (χ3v) is 9.02. The predicted molar refractivity (Wildman–Crippen MR) is 204 cm³/mol. The number of carboxylic acid groups (broad SMARTS) is 1. The summed E-state index contributed by atoms with van der Waals surface area (Å²) in [5.41, 5.74) is 8.05. The summed E-state index contributed by atoms with van der Waals surface area (Å²) in [5, 5.41) is 27.8. The number of carbonyl (C=O) groups is 4. The monoisotopic (exact) mass is 761 g/mol. The second-order valence-electron chi connectivity index (χ2n) is 14.3. The molecular formula is C40H49F2N7O6. The molecule has 0 aliphatic heterocycles. The number of nitrogens with zero attached hydrogens (tertiary/aromatic N) is 3. The first kappa shape index (κ1) is 42.1. The Hall–Kier alpha value is -5.67. The fourth-order valence-electron chi connectivity index (χ4n) is 6.21. The molecule has 1 heterocycles. The maximum Gasteiger partial charge on any atom is 0.326 e. The Morgan fingerprint density at radius 3 is 2.29 bits per heavy atom. The third-order valence-electron chi connectivity index (χ3n) is 9.02. The largest absolute Gasteiger partial charge is 0.480 e. The van der Waals surface area contributed by atoms with E-state index in [2.05, 4.69) is 16.0 Å². The van der Waals surface area contributed by atoms with Crippen molar-refractivity contribution in [3.8, 4) is 11.3 Å². The Morgan fingerprint density at radius 2 is 1.67 bits per heavy atom. The van der Waals surface area contributed by atoms with E-state index in [1.165, 1.54) is 4.90 Å². The summed E-state index contributed by atoms with van der Waals surface area (Å²) in [4.78, 5) is 57.0. The van der Waals surface area contributed by atoms with Crippen LogP contribution in [0.15, 0.2) is 79.0 Å². The molecule has 3 atom stereocenters. The van der Waals surface area contributed by atoms with E-state index < -0.39 is 65.5 Å². The van der Waals surface area contributed by atoms with E-state index in [1.807, 2.05) is 51.1 Å². The lowest BCUT2D eigenvalue weighted by molar-refractivity contribution is -0.141. The molecule has 0 fully saturated rings. The highest BCUT2D eigenvalue weighted by Crippen LogP contribution is 2.39. The van der Waals surface area contributed by atoms with Gasteiger partial charge in [-0.05, 0) is 53.3 Å². The molecule has 3 amide bonds. The van der Waals surface area contributed by atoms with Gasteiger partial charge in [0, 0.05) is 57.0 Å². The molecule has 0 bridgehead atoms. The van der Waals surface area contributed by atoms with Gasteiger partial charge in [0.2, 0.25) is 17.7 Å². The number of imidazole rings is 1. The van der Waals surface area contributed by atoms with Crippen molar-refractivity contribution in [2.75, 3.05) is 32.1 Å². The number of anilines is 1. The second kappa shape index (κ2) is 19.1. The topological polar surface area (TPSA) is 192 Å². The zero-order chi connectivity index (χ0) is 40.3. The zero-order valence-electron chi connectivity index (χ0n) is 31.4. The van der Waals surface area contributed by atoms with E-state index in [4.69, 9.17) is 10.7 Å². The lowest BCUT2D eigenvalue weighted by Gasteiger charge is -2.40. The molecule has 13 nitrogen and oxygen atoms in total. The number of aliphatic hydroxyl groups is 1. The number of hydrogen-bond donors (Lipinski definition) is 6. The number of aromatic nitrogens is 2. The van der Waals surface area contributed by atoms with Crippen molar-refractivity contribution >= 4 is 29.4 Å². The number of rotatable bonds is 18. The minimum Gasteiger partial charge on any atom is -0.480 e. The maximum absolute atomic E-state index is 15.0. The third kappa shape index (κ3) is 11.7. The number of nitrogens with one attached hydrogen (secondary N) is 3. The van der Waals surface area contributed by atoms with Crippen LogP contribution in [0.3, 0.4) is 0 Å². The predicted octanol–water partition coefficient (Wildman–Crippen LogP) is 3.86. The molecule has 7 N–H and O–H groups in total. The van der Waals surface area contributed by atoms with Crippen molar-refractivity contribution in [2.45, 2.75) is 64.7 Å². The highest BCUT2D eigenvalue weighted by Gasteiger charge is 2.38. The number of carbonyl (C=O) groups excluding carboxylic acids is 3. The molecule has 0 spiro atoms. The van der Waals surface area contributed by atoms with E-state index >= 15 is 0 Å². The van der Waals surface area contributed by atoms with Crippen LogP contribution in [0.4, 0.5) is 14.5 Å². The molecule has 1 aromatic heterocycles. The Kier molecular flexibility index (Phi) is 14.6. The van der Waals surface area contributed by atoms with Crippen LogP contribution in [0.2, 0.25) is 0 Å². The van der Waals surface area contributed by atoms with Gasteiger partial charge in [0.15, 0.2) is 0 Å². The molecule has 0 aliphatic rings. The van der Waals surface area contributed by atoms with Gasteiger partial charge in [0.1, 0.15) is 30.1 Å². The molecule has 0 radical (unpaired) electrons. The second-order valence-corrected chi connectivity index (χ2v) is 14.3. The molecule has 4 rings (SSSR count). The molecule has 0 aliphatic carbocycles. The summed E-state index contributed by atoms with van der Waals surface area (Å²) in [6, 6.07) is 16.4. The number of aliphatic carboxylic acids is 1. The van der Waals surface area contributed by atoms with Gasteiger partial charge in [-0.2, -0.15) is 0 Å². The van der Waals surface area contributed by atoms with Gasteiger partial charge in [0.05, 0.1) is 17.8 Å². The van der Waals surface area contributed by atoms with E-state index in [9.17, 15) is 38.2 Å². The number of aliphatic hydroxyl groups excluding tert-OH is 1. The van der Waals surface area contributed by atoms with Crippen LogP contribution in [0.1, 0.15) is 56.6 Å². The van der Waals surface area contributed by atoms with Crippen LogP contribution in [-0.2, 0) is 32.1 Å². The zero-order valence-corrected chi connectivity index (χ0v) is 31.4. The van der Waals surface area contributed by atoms with Gasteiger partial charge in [0.25, 0.3) is 0 Å². The molecule has 294 valence electrons. The molecule has 0 saturated carbocycles. The minimum atomic E-state index is -1.20. The summed E-state index contributed by atoms with van der Waals surface area (Å²) in [7, 11) is 1.76. The Labute approximate surface area is 318 Å². The summed E-state index contributed by atoms with van der Waals surface area (Å²) in [5.74, 6) is -4.04. The van der Waals surface area contributed by atoms with Crippen molar-refractivity contribution in [3.63, 3.8) is 0 Å². The fourth-order valence-corrected chi connectivity index (χ4v) is 6.21. The Morgan fingerprint density at radius 1 is 0.982 bits per heavy atom. The number of amides is 3. The number of halogens is 2. The van der Waals surface area contributed by atoms with Crippen LogP contribution >= 0.6 is 0 Å². The van der Waals surface area contributed by atoms with Gasteiger partial charge >= 0.3 is 5.97 Å². The van der Waals surface area contributed by atoms with Gasteiger partial charge in [-0.25, -0.2) is 18.6 Å². The first-order valence-corrected chi connectivity index (χ1v) is 17.9. The molecule has 0 unspecified atom stereocenters. The number of carboxylic acids is 1.